The van der Waals surface area contributed by atoms with Crippen LogP contribution in [0.15, 0.2) is 30.5 Å². The standard InChI is InChI=1S/C22H28N4O/c1-17-14-24-22(20-8-11-27-12-9-20)26(17)21-3-2-10-25(16-21)15-19-6-4-18(13-23)5-7-19/h4-7,14,20-21H,2-3,8-12,15-16H2,1H3. The van der Waals surface area contributed by atoms with Gasteiger partial charge in [-0.05, 0) is 56.8 Å². The Morgan fingerprint density at radius 3 is 2.70 bits per heavy atom. The molecule has 1 aromatic carbocycles. The fourth-order valence-corrected chi connectivity index (χ4v) is 4.53. The van der Waals surface area contributed by atoms with Crippen molar-refractivity contribution in [1.82, 2.24) is 14.5 Å². The van der Waals surface area contributed by atoms with Crippen molar-refractivity contribution in [3.63, 3.8) is 0 Å². The van der Waals surface area contributed by atoms with Crippen molar-refractivity contribution in [3.05, 3.63) is 53.1 Å². The fraction of sp³-hybridized carbons (Fsp3) is 0.545. The normalized spacial score (nSPS) is 21.9. The summed E-state index contributed by atoms with van der Waals surface area (Å²) in [6, 6.07) is 10.7. The summed E-state index contributed by atoms with van der Waals surface area (Å²) in [6.45, 7) is 7.04. The Balaban J connectivity index is 1.48. The van der Waals surface area contributed by atoms with Crippen LogP contribution in [0.1, 0.15) is 60.3 Å². The van der Waals surface area contributed by atoms with Crippen LogP contribution < -0.4 is 0 Å². The summed E-state index contributed by atoms with van der Waals surface area (Å²) in [5.41, 5.74) is 3.29. The van der Waals surface area contributed by atoms with E-state index in [1.54, 1.807) is 0 Å². The van der Waals surface area contributed by atoms with Gasteiger partial charge in [0, 0.05) is 50.2 Å². The number of aromatic nitrogens is 2. The van der Waals surface area contributed by atoms with Gasteiger partial charge in [-0.25, -0.2) is 4.98 Å². The van der Waals surface area contributed by atoms with Crippen LogP contribution in [0.4, 0.5) is 0 Å². The predicted octanol–water partition coefficient (Wildman–Crippen LogP) is 3.79. The number of nitriles is 1. The van der Waals surface area contributed by atoms with Crippen molar-refractivity contribution in [2.24, 2.45) is 0 Å². The molecule has 4 rings (SSSR count). The molecule has 3 heterocycles. The molecule has 5 nitrogen and oxygen atoms in total. The summed E-state index contributed by atoms with van der Waals surface area (Å²) < 4.78 is 8.06. The van der Waals surface area contributed by atoms with E-state index in [2.05, 4.69) is 34.6 Å². The molecule has 1 aromatic heterocycles. The number of hydrogen-bond acceptors (Lipinski definition) is 4. The first-order chi connectivity index (χ1) is 13.2. The first kappa shape index (κ1) is 18.2. The minimum absolute atomic E-state index is 0.498. The zero-order valence-corrected chi connectivity index (χ0v) is 16.1. The van der Waals surface area contributed by atoms with Crippen LogP contribution in [0, 0.1) is 18.3 Å². The van der Waals surface area contributed by atoms with Crippen molar-refractivity contribution < 1.29 is 4.74 Å². The quantitative estimate of drug-likeness (QED) is 0.828. The Bertz CT molecular complexity index is 799. The highest BCUT2D eigenvalue weighted by Crippen LogP contribution is 2.32. The van der Waals surface area contributed by atoms with Crippen molar-refractivity contribution in [2.45, 2.75) is 51.1 Å². The largest absolute Gasteiger partial charge is 0.381 e. The maximum atomic E-state index is 8.97. The summed E-state index contributed by atoms with van der Waals surface area (Å²) >= 11 is 0. The summed E-state index contributed by atoms with van der Waals surface area (Å²) in [7, 11) is 0. The van der Waals surface area contributed by atoms with E-state index in [1.165, 1.54) is 29.9 Å². The van der Waals surface area contributed by atoms with E-state index >= 15 is 0 Å². The molecule has 0 spiro atoms. The Hall–Kier alpha value is -2.16. The zero-order chi connectivity index (χ0) is 18.6. The van der Waals surface area contributed by atoms with Gasteiger partial charge >= 0.3 is 0 Å². The molecule has 142 valence electrons. The van der Waals surface area contributed by atoms with Gasteiger partial charge in [-0.3, -0.25) is 4.90 Å². The molecule has 2 fully saturated rings. The van der Waals surface area contributed by atoms with Crippen LogP contribution in [-0.4, -0.2) is 40.8 Å². The molecule has 1 unspecified atom stereocenters. The monoisotopic (exact) mass is 364 g/mol. The van der Waals surface area contributed by atoms with Gasteiger partial charge in [0.2, 0.25) is 0 Å². The van der Waals surface area contributed by atoms with Gasteiger partial charge in [-0.15, -0.1) is 0 Å². The summed E-state index contributed by atoms with van der Waals surface area (Å²) in [6.07, 6.45) is 6.64. The second kappa shape index (κ2) is 8.24. The van der Waals surface area contributed by atoms with Crippen LogP contribution in [0.5, 0.6) is 0 Å². The van der Waals surface area contributed by atoms with E-state index in [9.17, 15) is 0 Å². The molecule has 1 atom stereocenters. The Morgan fingerprint density at radius 2 is 1.96 bits per heavy atom. The number of piperidine rings is 1. The van der Waals surface area contributed by atoms with E-state index in [0.29, 0.717) is 12.0 Å². The highest BCUT2D eigenvalue weighted by molar-refractivity contribution is 5.31. The third-order valence-corrected chi connectivity index (χ3v) is 5.93. The van der Waals surface area contributed by atoms with Gasteiger partial charge in [0.15, 0.2) is 0 Å². The SMILES string of the molecule is Cc1cnc(C2CCOCC2)n1C1CCCN(Cc2ccc(C#N)cc2)C1. The molecule has 2 aromatic rings. The topological polar surface area (TPSA) is 54.1 Å². The number of rotatable bonds is 4. The number of aryl methyl sites for hydroxylation is 1. The lowest BCUT2D eigenvalue weighted by atomic mass is 9.97. The van der Waals surface area contributed by atoms with E-state index in [1.807, 2.05) is 18.3 Å². The van der Waals surface area contributed by atoms with Crippen molar-refractivity contribution >= 4 is 0 Å². The number of imidazole rings is 1. The van der Waals surface area contributed by atoms with E-state index in [-0.39, 0.29) is 0 Å². The molecule has 0 radical (unpaired) electrons. The Labute approximate surface area is 161 Å². The second-order valence-corrected chi connectivity index (χ2v) is 7.85. The molecule has 27 heavy (non-hydrogen) atoms. The number of hydrogen-bond donors (Lipinski definition) is 0. The molecule has 2 aliphatic rings. The van der Waals surface area contributed by atoms with Gasteiger partial charge in [-0.1, -0.05) is 12.1 Å². The third-order valence-electron chi connectivity index (χ3n) is 5.93. The lowest BCUT2D eigenvalue weighted by Gasteiger charge is -2.36. The Kier molecular flexibility index (Phi) is 5.56. The minimum atomic E-state index is 0.498. The molecule has 0 saturated carbocycles. The third kappa shape index (κ3) is 4.07. The highest BCUT2D eigenvalue weighted by atomic mass is 16.5. The molecule has 2 aliphatic heterocycles. The first-order valence-electron chi connectivity index (χ1n) is 10.1. The maximum absolute atomic E-state index is 8.97. The maximum Gasteiger partial charge on any atom is 0.112 e. The number of likely N-dealkylation sites (tertiary alicyclic amines) is 1. The highest BCUT2D eigenvalue weighted by Gasteiger charge is 2.28. The van der Waals surface area contributed by atoms with Crippen LogP contribution in [0.3, 0.4) is 0 Å². The number of benzene rings is 1. The second-order valence-electron chi connectivity index (χ2n) is 7.85. The summed E-state index contributed by atoms with van der Waals surface area (Å²) in [5.74, 6) is 1.79. The first-order valence-corrected chi connectivity index (χ1v) is 10.1. The van der Waals surface area contributed by atoms with Gasteiger partial charge in [0.25, 0.3) is 0 Å². The average molecular weight is 364 g/mol. The van der Waals surface area contributed by atoms with Crippen molar-refractivity contribution in [3.8, 4) is 6.07 Å². The van der Waals surface area contributed by atoms with Crippen LogP contribution in [0.2, 0.25) is 0 Å². The number of ether oxygens (including phenoxy) is 1. The fourth-order valence-electron chi connectivity index (χ4n) is 4.53. The molecule has 0 bridgehead atoms. The summed E-state index contributed by atoms with van der Waals surface area (Å²) in [4.78, 5) is 7.35. The van der Waals surface area contributed by atoms with E-state index in [0.717, 1.165) is 51.3 Å². The predicted molar refractivity (Wildman–Crippen MR) is 104 cm³/mol. The molecule has 5 heteroatoms. The van der Waals surface area contributed by atoms with Gasteiger partial charge in [0.1, 0.15) is 5.82 Å². The molecule has 0 N–H and O–H groups in total. The van der Waals surface area contributed by atoms with Gasteiger partial charge in [-0.2, -0.15) is 5.26 Å². The number of nitrogens with zero attached hydrogens (tertiary/aromatic N) is 4. The summed E-state index contributed by atoms with van der Waals surface area (Å²) in [5, 5.41) is 8.97. The Morgan fingerprint density at radius 1 is 1.19 bits per heavy atom. The van der Waals surface area contributed by atoms with Gasteiger partial charge < -0.3 is 9.30 Å². The van der Waals surface area contributed by atoms with Crippen LogP contribution >= 0.6 is 0 Å². The molecule has 0 amide bonds. The average Bonchev–Trinajstić information content (AvgIpc) is 3.11. The van der Waals surface area contributed by atoms with E-state index in [4.69, 9.17) is 15.0 Å². The molecule has 0 aliphatic carbocycles. The van der Waals surface area contributed by atoms with Crippen LogP contribution in [-0.2, 0) is 11.3 Å². The lowest BCUT2D eigenvalue weighted by Crippen LogP contribution is -2.37. The van der Waals surface area contributed by atoms with Crippen LogP contribution in [0.25, 0.3) is 0 Å². The zero-order valence-electron chi connectivity index (χ0n) is 16.1. The molecule has 2 saturated heterocycles. The smallest absolute Gasteiger partial charge is 0.112 e. The molecular formula is C22H28N4O. The van der Waals surface area contributed by atoms with Gasteiger partial charge in [0.05, 0.1) is 11.6 Å². The van der Waals surface area contributed by atoms with Crippen molar-refractivity contribution in [1.29, 1.82) is 5.26 Å². The lowest BCUT2D eigenvalue weighted by molar-refractivity contribution is 0.0812. The van der Waals surface area contributed by atoms with E-state index < -0.39 is 0 Å². The molecular weight excluding hydrogens is 336 g/mol. The minimum Gasteiger partial charge on any atom is -0.381 e. The van der Waals surface area contributed by atoms with Crippen molar-refractivity contribution in [2.75, 3.05) is 26.3 Å².